The van der Waals surface area contributed by atoms with Crippen molar-refractivity contribution in [3.8, 4) is 0 Å². The highest BCUT2D eigenvalue weighted by Crippen LogP contribution is 1.97. The van der Waals surface area contributed by atoms with Crippen molar-refractivity contribution in [3.05, 3.63) is 0 Å². The van der Waals surface area contributed by atoms with Gasteiger partial charge in [-0.05, 0) is 34.1 Å². The highest BCUT2D eigenvalue weighted by Gasteiger charge is 2.13. The zero-order chi connectivity index (χ0) is 13.5. The maximum Gasteiger partial charge on any atom is 0.315 e. The molecule has 5 nitrogen and oxygen atoms in total. The Morgan fingerprint density at radius 2 is 1.82 bits per heavy atom. The van der Waals surface area contributed by atoms with Crippen molar-refractivity contribution in [3.63, 3.8) is 0 Å². The van der Waals surface area contributed by atoms with Crippen LogP contribution in [0.5, 0.6) is 0 Å². The quantitative estimate of drug-likeness (QED) is 0.683. The average molecular weight is 243 g/mol. The number of rotatable bonds is 5. The summed E-state index contributed by atoms with van der Waals surface area (Å²) in [5.74, 6) is -0.0320. The predicted octanol–water partition coefficient (Wildman–Crippen LogP) is 1.39. The van der Waals surface area contributed by atoms with Crippen molar-refractivity contribution in [1.29, 1.82) is 0 Å². The maximum absolute atomic E-state index is 11.4. The highest BCUT2D eigenvalue weighted by molar-refractivity contribution is 5.78. The highest BCUT2D eigenvalue weighted by atomic mass is 16.2. The molecule has 0 radical (unpaired) electrons. The SMILES string of the molecule is CCC(C)NC(=O)CCNC(=O)NC(C)(C)C. The Morgan fingerprint density at radius 1 is 1.24 bits per heavy atom. The monoisotopic (exact) mass is 243 g/mol. The largest absolute Gasteiger partial charge is 0.354 e. The molecule has 0 aromatic rings. The molecule has 0 saturated carbocycles. The molecular formula is C12H25N3O2. The van der Waals surface area contributed by atoms with E-state index < -0.39 is 0 Å². The fraction of sp³-hybridized carbons (Fsp3) is 0.833. The third kappa shape index (κ3) is 9.66. The van der Waals surface area contributed by atoms with Crippen LogP contribution in [-0.4, -0.2) is 30.1 Å². The minimum Gasteiger partial charge on any atom is -0.354 e. The van der Waals surface area contributed by atoms with E-state index in [4.69, 9.17) is 0 Å². The summed E-state index contributed by atoms with van der Waals surface area (Å²) in [5.41, 5.74) is -0.261. The minimum absolute atomic E-state index is 0.0320. The van der Waals surface area contributed by atoms with Gasteiger partial charge in [-0.1, -0.05) is 6.92 Å². The van der Waals surface area contributed by atoms with E-state index in [1.807, 2.05) is 34.6 Å². The van der Waals surface area contributed by atoms with Gasteiger partial charge in [0.25, 0.3) is 0 Å². The molecule has 3 amide bonds. The van der Waals surface area contributed by atoms with Crippen molar-refractivity contribution in [1.82, 2.24) is 16.0 Å². The molecule has 5 heteroatoms. The molecule has 0 bridgehead atoms. The van der Waals surface area contributed by atoms with Crippen molar-refractivity contribution < 1.29 is 9.59 Å². The molecule has 100 valence electrons. The number of amides is 3. The van der Waals surface area contributed by atoms with Crippen LogP contribution in [0.15, 0.2) is 0 Å². The molecule has 0 saturated heterocycles. The summed E-state index contributed by atoms with van der Waals surface area (Å²) in [4.78, 5) is 22.8. The van der Waals surface area contributed by atoms with E-state index in [0.717, 1.165) is 6.42 Å². The molecular weight excluding hydrogens is 218 g/mol. The lowest BCUT2D eigenvalue weighted by Crippen LogP contribution is -2.47. The van der Waals surface area contributed by atoms with E-state index in [9.17, 15) is 9.59 Å². The molecule has 0 heterocycles. The van der Waals surface area contributed by atoms with Gasteiger partial charge in [0, 0.05) is 24.5 Å². The smallest absolute Gasteiger partial charge is 0.315 e. The van der Waals surface area contributed by atoms with Crippen molar-refractivity contribution >= 4 is 11.9 Å². The third-order valence-corrected chi connectivity index (χ3v) is 2.15. The average Bonchev–Trinajstić information content (AvgIpc) is 2.14. The van der Waals surface area contributed by atoms with Gasteiger partial charge in [-0.25, -0.2) is 4.79 Å². The molecule has 0 aliphatic heterocycles. The fourth-order valence-electron chi connectivity index (χ4n) is 1.12. The van der Waals surface area contributed by atoms with E-state index >= 15 is 0 Å². The number of nitrogens with one attached hydrogen (secondary N) is 3. The van der Waals surface area contributed by atoms with Gasteiger partial charge in [0.2, 0.25) is 5.91 Å². The molecule has 1 unspecified atom stereocenters. The Balaban J connectivity index is 3.70. The topological polar surface area (TPSA) is 70.2 Å². The van der Waals surface area contributed by atoms with Gasteiger partial charge in [-0.2, -0.15) is 0 Å². The Kier molecular flexibility index (Phi) is 6.61. The Morgan fingerprint density at radius 3 is 2.29 bits per heavy atom. The number of hydrogen-bond acceptors (Lipinski definition) is 2. The van der Waals surface area contributed by atoms with Crippen molar-refractivity contribution in [2.45, 2.75) is 59.0 Å². The second kappa shape index (κ2) is 7.14. The standard InChI is InChI=1S/C12H25N3O2/c1-6-9(2)14-10(16)7-8-13-11(17)15-12(3,4)5/h9H,6-8H2,1-5H3,(H,14,16)(H2,13,15,17). The van der Waals surface area contributed by atoms with Crippen LogP contribution in [0.1, 0.15) is 47.5 Å². The lowest BCUT2D eigenvalue weighted by molar-refractivity contribution is -0.121. The second-order valence-corrected chi connectivity index (χ2v) is 5.26. The Bertz CT molecular complexity index is 259. The van der Waals surface area contributed by atoms with Gasteiger partial charge >= 0.3 is 6.03 Å². The summed E-state index contributed by atoms with van der Waals surface area (Å²) in [6.07, 6.45) is 1.21. The van der Waals surface area contributed by atoms with Crippen LogP contribution < -0.4 is 16.0 Å². The van der Waals surface area contributed by atoms with E-state index in [1.54, 1.807) is 0 Å². The number of hydrogen-bond donors (Lipinski definition) is 3. The first-order valence-electron chi connectivity index (χ1n) is 6.10. The minimum atomic E-state index is -0.261. The molecule has 17 heavy (non-hydrogen) atoms. The molecule has 1 atom stereocenters. The third-order valence-electron chi connectivity index (χ3n) is 2.15. The van der Waals surface area contributed by atoms with E-state index in [2.05, 4.69) is 16.0 Å². The zero-order valence-corrected chi connectivity index (χ0v) is 11.5. The van der Waals surface area contributed by atoms with Crippen LogP contribution >= 0.6 is 0 Å². The Labute approximate surface area is 104 Å². The summed E-state index contributed by atoms with van der Waals surface area (Å²) in [6.45, 7) is 10.0. The van der Waals surface area contributed by atoms with Gasteiger partial charge < -0.3 is 16.0 Å². The normalized spacial score (nSPS) is 12.8. The number of carbonyl (C=O) groups is 2. The molecule has 0 aromatic carbocycles. The predicted molar refractivity (Wildman–Crippen MR) is 68.8 cm³/mol. The van der Waals surface area contributed by atoms with Gasteiger partial charge in [-0.3, -0.25) is 4.79 Å². The van der Waals surface area contributed by atoms with Crippen LogP contribution in [0.25, 0.3) is 0 Å². The summed E-state index contributed by atoms with van der Waals surface area (Å²) < 4.78 is 0. The molecule has 0 aromatic heterocycles. The van der Waals surface area contributed by atoms with E-state index in [1.165, 1.54) is 0 Å². The fourth-order valence-corrected chi connectivity index (χ4v) is 1.12. The number of carbonyl (C=O) groups excluding carboxylic acids is 2. The first kappa shape index (κ1) is 15.7. The summed E-state index contributed by atoms with van der Waals surface area (Å²) in [7, 11) is 0. The molecule has 0 rings (SSSR count). The molecule has 0 aliphatic carbocycles. The number of urea groups is 1. The van der Waals surface area contributed by atoms with Crippen LogP contribution in [-0.2, 0) is 4.79 Å². The van der Waals surface area contributed by atoms with Crippen molar-refractivity contribution in [2.24, 2.45) is 0 Å². The van der Waals surface area contributed by atoms with E-state index in [-0.39, 0.29) is 23.5 Å². The summed E-state index contributed by atoms with van der Waals surface area (Å²) in [6, 6.07) is -0.0558. The maximum atomic E-state index is 11.4. The molecule has 3 N–H and O–H groups in total. The van der Waals surface area contributed by atoms with Crippen LogP contribution in [0.2, 0.25) is 0 Å². The van der Waals surface area contributed by atoms with Crippen molar-refractivity contribution in [2.75, 3.05) is 6.54 Å². The van der Waals surface area contributed by atoms with Gasteiger partial charge in [0.1, 0.15) is 0 Å². The van der Waals surface area contributed by atoms with Crippen LogP contribution in [0, 0.1) is 0 Å². The first-order valence-corrected chi connectivity index (χ1v) is 6.10. The summed E-state index contributed by atoms with van der Waals surface area (Å²) >= 11 is 0. The Hall–Kier alpha value is -1.26. The second-order valence-electron chi connectivity index (χ2n) is 5.26. The van der Waals surface area contributed by atoms with Gasteiger partial charge in [0.15, 0.2) is 0 Å². The molecule has 0 fully saturated rings. The van der Waals surface area contributed by atoms with Gasteiger partial charge in [0.05, 0.1) is 0 Å². The zero-order valence-electron chi connectivity index (χ0n) is 11.5. The van der Waals surface area contributed by atoms with Crippen LogP contribution in [0.3, 0.4) is 0 Å². The van der Waals surface area contributed by atoms with Gasteiger partial charge in [-0.15, -0.1) is 0 Å². The van der Waals surface area contributed by atoms with E-state index in [0.29, 0.717) is 13.0 Å². The lowest BCUT2D eigenvalue weighted by Gasteiger charge is -2.20. The first-order chi connectivity index (χ1) is 7.74. The molecule has 0 aliphatic rings. The summed E-state index contributed by atoms with van der Waals surface area (Å²) in [5, 5.41) is 8.25. The van der Waals surface area contributed by atoms with Crippen LogP contribution in [0.4, 0.5) is 4.79 Å². The lowest BCUT2D eigenvalue weighted by atomic mass is 10.1. The molecule has 0 spiro atoms.